The monoisotopic (exact) mass is 882 g/mol. The van der Waals surface area contributed by atoms with Gasteiger partial charge in [0, 0.05) is 65.0 Å². The first-order valence-electron chi connectivity index (χ1n) is 23.1. The number of nitrogens with zero attached hydrogens (tertiary/aromatic N) is 2. The van der Waals surface area contributed by atoms with Crippen molar-refractivity contribution in [1.82, 2.24) is 0 Å². The zero-order valence-corrected chi connectivity index (χ0v) is 39.8. The minimum Gasteiger partial charge on any atom is -0.310 e. The molecule has 0 N–H and O–H groups in total. The van der Waals surface area contributed by atoms with Crippen molar-refractivity contribution in [2.75, 3.05) is 9.80 Å². The molecule has 1 aliphatic rings. The Morgan fingerprint density at radius 1 is 0.394 bits per heavy atom. The molecule has 0 saturated heterocycles. The highest BCUT2D eigenvalue weighted by atomic mass is 32.1. The van der Waals surface area contributed by atoms with Crippen LogP contribution in [0.5, 0.6) is 0 Å². The first kappa shape index (κ1) is 40.3. The van der Waals surface area contributed by atoms with Gasteiger partial charge >= 0.3 is 0 Å². The van der Waals surface area contributed by atoms with Crippen LogP contribution in [0.2, 0.25) is 19.6 Å². The molecule has 2 nitrogen and oxygen atoms in total. The Morgan fingerprint density at radius 2 is 0.955 bits per heavy atom. The van der Waals surface area contributed by atoms with Crippen LogP contribution in [-0.4, -0.2) is 8.07 Å². The molecule has 0 amide bonds. The Hall–Kier alpha value is -7.24. The van der Waals surface area contributed by atoms with Crippen molar-refractivity contribution in [1.29, 1.82) is 0 Å². The molecule has 0 fully saturated rings. The van der Waals surface area contributed by atoms with E-state index in [-0.39, 0.29) is 5.41 Å². The smallest absolute Gasteiger partial charge is 0.0775 e. The first-order chi connectivity index (χ1) is 32.1. The third-order valence-electron chi connectivity index (χ3n) is 14.0. The molecule has 318 valence electrons. The van der Waals surface area contributed by atoms with Crippen LogP contribution in [0.25, 0.3) is 64.0 Å². The van der Waals surface area contributed by atoms with Crippen LogP contribution in [0.1, 0.15) is 25.0 Å². The lowest BCUT2D eigenvalue weighted by Gasteiger charge is -2.30. The molecule has 1 aliphatic carbocycles. The van der Waals surface area contributed by atoms with Gasteiger partial charge in [-0.05, 0) is 111 Å². The summed E-state index contributed by atoms with van der Waals surface area (Å²) < 4.78 is 2.60. The van der Waals surface area contributed by atoms with Gasteiger partial charge in [0.15, 0.2) is 0 Å². The van der Waals surface area contributed by atoms with Crippen LogP contribution in [0.4, 0.5) is 34.1 Å². The van der Waals surface area contributed by atoms with E-state index in [2.05, 4.69) is 256 Å². The molecular weight excluding hydrogens is 833 g/mol. The van der Waals surface area contributed by atoms with E-state index in [9.17, 15) is 0 Å². The van der Waals surface area contributed by atoms with Crippen LogP contribution in [0, 0.1) is 0 Å². The highest BCUT2D eigenvalue weighted by Crippen LogP contribution is 2.52. The molecule has 1 aromatic heterocycles. The van der Waals surface area contributed by atoms with Crippen molar-refractivity contribution in [2.24, 2.45) is 0 Å². The minimum atomic E-state index is -1.45. The number of hydrogen-bond acceptors (Lipinski definition) is 3. The summed E-state index contributed by atoms with van der Waals surface area (Å²) in [5.74, 6) is 0. The number of para-hydroxylation sites is 2. The zero-order chi connectivity index (χ0) is 44.7. The van der Waals surface area contributed by atoms with Gasteiger partial charge in [0.2, 0.25) is 0 Å². The lowest BCUT2D eigenvalue weighted by atomic mass is 9.82. The molecule has 4 heteroatoms. The van der Waals surface area contributed by atoms with Gasteiger partial charge in [-0.2, -0.15) is 0 Å². The third kappa shape index (κ3) is 6.50. The van der Waals surface area contributed by atoms with Gasteiger partial charge in [-0.15, -0.1) is 11.3 Å². The predicted molar refractivity (Wildman–Crippen MR) is 290 cm³/mol. The second-order valence-corrected chi connectivity index (χ2v) is 25.5. The fourth-order valence-corrected chi connectivity index (χ4v) is 13.1. The SMILES string of the molecule is CC1(C)c2ccccc2-c2ccc(N(c3ccc4c(c3)c3ccccc3c3c5ccc(N(c6ccccc6)c6ccc([Si](C)(C)C)cc6)cc5sc43)c3ccccc3-c3ccccc3)cc21. The highest BCUT2D eigenvalue weighted by Gasteiger charge is 2.36. The van der Waals surface area contributed by atoms with E-state index in [1.807, 2.05) is 11.3 Å². The zero-order valence-electron chi connectivity index (χ0n) is 38.0. The summed E-state index contributed by atoms with van der Waals surface area (Å²) in [6.45, 7) is 12.0. The Morgan fingerprint density at radius 3 is 1.71 bits per heavy atom. The number of hydrogen-bond donors (Lipinski definition) is 0. The van der Waals surface area contributed by atoms with Gasteiger partial charge in [0.05, 0.1) is 13.8 Å². The van der Waals surface area contributed by atoms with E-state index in [1.165, 1.54) is 86.0 Å². The van der Waals surface area contributed by atoms with E-state index < -0.39 is 8.07 Å². The summed E-state index contributed by atoms with van der Waals surface area (Å²) >= 11 is 1.91. The van der Waals surface area contributed by atoms with Crippen molar-refractivity contribution < 1.29 is 0 Å². The van der Waals surface area contributed by atoms with Gasteiger partial charge in [-0.1, -0.05) is 184 Å². The minimum absolute atomic E-state index is 0.130. The third-order valence-corrected chi connectivity index (χ3v) is 17.2. The summed E-state index contributed by atoms with van der Waals surface area (Å²) in [6, 6.07) is 79.1. The fourth-order valence-electron chi connectivity index (χ4n) is 10.6. The topological polar surface area (TPSA) is 6.48 Å². The van der Waals surface area contributed by atoms with Crippen LogP contribution >= 0.6 is 11.3 Å². The van der Waals surface area contributed by atoms with Crippen LogP contribution in [0.15, 0.2) is 212 Å². The average molecular weight is 883 g/mol. The van der Waals surface area contributed by atoms with Gasteiger partial charge in [0.1, 0.15) is 0 Å². The molecule has 0 atom stereocenters. The quantitative estimate of drug-likeness (QED) is 0.111. The maximum Gasteiger partial charge on any atom is 0.0775 e. The normalized spacial score (nSPS) is 13.0. The maximum absolute atomic E-state index is 2.49. The van der Waals surface area contributed by atoms with Crippen molar-refractivity contribution in [3.05, 3.63) is 223 Å². The Labute approximate surface area is 392 Å². The maximum atomic E-state index is 2.49. The molecule has 12 rings (SSSR count). The number of fused-ring (bicyclic) bond motifs is 11. The summed E-state index contributed by atoms with van der Waals surface area (Å²) in [5.41, 5.74) is 14.6. The van der Waals surface area contributed by atoms with Crippen molar-refractivity contribution in [3.63, 3.8) is 0 Å². The van der Waals surface area contributed by atoms with E-state index in [4.69, 9.17) is 0 Å². The second-order valence-electron chi connectivity index (χ2n) is 19.3. The molecule has 1 heterocycles. The largest absolute Gasteiger partial charge is 0.310 e. The van der Waals surface area contributed by atoms with Gasteiger partial charge in [-0.3, -0.25) is 0 Å². The van der Waals surface area contributed by atoms with Gasteiger partial charge in [0.25, 0.3) is 0 Å². The lowest BCUT2D eigenvalue weighted by molar-refractivity contribution is 0.660. The van der Waals surface area contributed by atoms with Crippen LogP contribution in [0.3, 0.4) is 0 Å². The fraction of sp³-hybridized carbons (Fsp3) is 0.0968. The molecular formula is C62H50N2SSi. The number of benzene rings is 10. The van der Waals surface area contributed by atoms with E-state index in [1.54, 1.807) is 0 Å². The molecule has 10 aromatic carbocycles. The molecule has 0 spiro atoms. The number of anilines is 6. The van der Waals surface area contributed by atoms with Crippen molar-refractivity contribution >= 4 is 100 Å². The van der Waals surface area contributed by atoms with E-state index >= 15 is 0 Å². The molecule has 66 heavy (non-hydrogen) atoms. The summed E-state index contributed by atoms with van der Waals surface area (Å²) in [5, 5.41) is 9.17. The highest BCUT2D eigenvalue weighted by molar-refractivity contribution is 7.27. The summed E-state index contributed by atoms with van der Waals surface area (Å²) in [6.07, 6.45) is 0. The number of thiophene rings is 1. The van der Waals surface area contributed by atoms with E-state index in [0.29, 0.717) is 0 Å². The first-order valence-corrected chi connectivity index (χ1v) is 27.4. The Bertz CT molecular complexity index is 3660. The molecule has 0 saturated carbocycles. The van der Waals surface area contributed by atoms with Crippen molar-refractivity contribution in [3.8, 4) is 22.3 Å². The van der Waals surface area contributed by atoms with Gasteiger partial charge in [-0.25, -0.2) is 0 Å². The van der Waals surface area contributed by atoms with Gasteiger partial charge < -0.3 is 9.80 Å². The van der Waals surface area contributed by atoms with E-state index in [0.717, 1.165) is 28.4 Å². The summed E-state index contributed by atoms with van der Waals surface area (Å²) in [4.78, 5) is 4.90. The predicted octanol–water partition coefficient (Wildman–Crippen LogP) is 17.8. The van der Waals surface area contributed by atoms with Crippen LogP contribution in [-0.2, 0) is 5.41 Å². The average Bonchev–Trinajstić information content (AvgIpc) is 3.84. The molecule has 0 radical (unpaired) electrons. The second kappa shape index (κ2) is 15.4. The Balaban J connectivity index is 1.06. The molecule has 0 unspecified atom stereocenters. The van der Waals surface area contributed by atoms with Crippen molar-refractivity contribution in [2.45, 2.75) is 38.9 Å². The molecule has 0 aliphatic heterocycles. The number of rotatable bonds is 8. The van der Waals surface area contributed by atoms with Crippen LogP contribution < -0.4 is 15.0 Å². The Kier molecular flexibility index (Phi) is 9.43. The lowest BCUT2D eigenvalue weighted by Crippen LogP contribution is -2.37. The standard InChI is InChI=1S/C62H50N2SSi/c1-62(2)56-26-16-14-24-50(56)51-35-30-45(39-57(51)62)64(58-27-17-15-22-48(58)41-18-8-6-9-19-41)44-31-36-53-55(38-44)49-23-12-13-25-52(49)60-54-37-32-46(40-59(54)65-61(53)60)63(42-20-10-7-11-21-42)43-28-33-47(34-29-43)66(3,4)5/h6-40H,1-5H3. The molecule has 11 aromatic rings. The summed E-state index contributed by atoms with van der Waals surface area (Å²) in [7, 11) is -1.45. The molecule has 0 bridgehead atoms.